The van der Waals surface area contributed by atoms with Crippen molar-refractivity contribution in [1.82, 2.24) is 9.55 Å². The summed E-state index contributed by atoms with van der Waals surface area (Å²) in [4.78, 5) is 4.31. The largest absolute Gasteiger partial charge is 0.352 e. The molecule has 3 aromatic rings. The minimum absolute atomic E-state index is 0.699. The van der Waals surface area contributed by atoms with Crippen LogP contribution in [0.15, 0.2) is 67.5 Å². The van der Waals surface area contributed by atoms with Crippen LogP contribution in [0.1, 0.15) is 0 Å². The van der Waals surface area contributed by atoms with E-state index in [1.165, 1.54) is 10.8 Å². The topological polar surface area (TPSA) is 29.9 Å². The number of hydrogen-bond donors (Lipinski definition) is 1. The number of aromatic nitrogens is 2. The lowest BCUT2D eigenvalue weighted by molar-refractivity contribution is 1.04. The summed E-state index contributed by atoms with van der Waals surface area (Å²) in [7, 11) is 0. The molecule has 0 saturated carbocycles. The molecule has 2 aromatic carbocycles. The molecule has 0 aliphatic rings. The molecule has 3 rings (SSSR count). The average molecular weight is 249 g/mol. The van der Waals surface area contributed by atoms with Crippen LogP contribution in [-0.4, -0.2) is 16.1 Å². The van der Waals surface area contributed by atoms with Gasteiger partial charge < -0.3 is 5.32 Å². The molecule has 0 bridgehead atoms. The molecule has 1 heterocycles. The summed E-state index contributed by atoms with van der Waals surface area (Å²) in [5, 5.41) is 5.69. The minimum Gasteiger partial charge on any atom is -0.352 e. The van der Waals surface area contributed by atoms with Crippen LogP contribution in [0.3, 0.4) is 0 Å². The smallest absolute Gasteiger partial charge is 0.207 e. The van der Waals surface area contributed by atoms with E-state index < -0.39 is 0 Å². The molecule has 3 heteroatoms. The van der Waals surface area contributed by atoms with Crippen molar-refractivity contribution in [3.05, 3.63) is 67.5 Å². The Kier molecular flexibility index (Phi) is 3.02. The molecule has 0 aliphatic heterocycles. The van der Waals surface area contributed by atoms with E-state index in [-0.39, 0.29) is 0 Å². The van der Waals surface area contributed by atoms with Crippen LogP contribution in [0, 0.1) is 0 Å². The zero-order valence-electron chi connectivity index (χ0n) is 10.6. The molecule has 1 N–H and O–H groups in total. The summed E-state index contributed by atoms with van der Waals surface area (Å²) in [6.45, 7) is 4.40. The standard InChI is InChI=1S/C16H15N3/c1-2-9-17-16-18-10-11-19(16)15-8-7-13-5-3-4-6-14(13)12-15/h2-8,10-12H,1,9H2,(H,17,18). The maximum Gasteiger partial charge on any atom is 0.207 e. The average Bonchev–Trinajstić information content (AvgIpc) is 2.93. The van der Waals surface area contributed by atoms with Gasteiger partial charge in [0, 0.05) is 24.6 Å². The second-order valence-corrected chi connectivity index (χ2v) is 4.32. The van der Waals surface area contributed by atoms with E-state index in [1.54, 1.807) is 6.20 Å². The molecule has 0 amide bonds. The highest BCUT2D eigenvalue weighted by Gasteiger charge is 2.04. The summed E-state index contributed by atoms with van der Waals surface area (Å²) in [6, 6.07) is 14.7. The Balaban J connectivity index is 2.04. The van der Waals surface area contributed by atoms with Gasteiger partial charge in [0.2, 0.25) is 5.95 Å². The molecule has 19 heavy (non-hydrogen) atoms. The van der Waals surface area contributed by atoms with Gasteiger partial charge >= 0.3 is 0 Å². The van der Waals surface area contributed by atoms with Crippen molar-refractivity contribution in [2.45, 2.75) is 0 Å². The Hall–Kier alpha value is -2.55. The monoisotopic (exact) mass is 249 g/mol. The quantitative estimate of drug-likeness (QED) is 0.716. The van der Waals surface area contributed by atoms with Crippen molar-refractivity contribution in [2.75, 3.05) is 11.9 Å². The Labute approximate surface area is 112 Å². The predicted molar refractivity (Wildman–Crippen MR) is 79.8 cm³/mol. The number of imidazole rings is 1. The van der Waals surface area contributed by atoms with E-state index in [2.05, 4.69) is 59.3 Å². The van der Waals surface area contributed by atoms with Crippen LogP contribution in [0.2, 0.25) is 0 Å². The molecule has 94 valence electrons. The van der Waals surface area contributed by atoms with Crippen molar-refractivity contribution >= 4 is 16.7 Å². The summed E-state index contributed by atoms with van der Waals surface area (Å²) >= 11 is 0. The zero-order valence-corrected chi connectivity index (χ0v) is 10.6. The number of nitrogens with zero attached hydrogens (tertiary/aromatic N) is 2. The van der Waals surface area contributed by atoms with E-state index in [9.17, 15) is 0 Å². The molecular formula is C16H15N3. The third-order valence-electron chi connectivity index (χ3n) is 3.06. The van der Waals surface area contributed by atoms with Gasteiger partial charge in [0.05, 0.1) is 0 Å². The first-order chi connectivity index (χ1) is 9.38. The van der Waals surface area contributed by atoms with Crippen molar-refractivity contribution in [3.8, 4) is 5.69 Å². The summed E-state index contributed by atoms with van der Waals surface area (Å²) in [5.41, 5.74) is 1.10. The molecule has 1 aromatic heterocycles. The summed E-state index contributed by atoms with van der Waals surface area (Å²) < 4.78 is 2.04. The van der Waals surface area contributed by atoms with E-state index in [1.807, 2.05) is 16.8 Å². The third kappa shape index (κ3) is 2.22. The van der Waals surface area contributed by atoms with Crippen LogP contribution in [-0.2, 0) is 0 Å². The van der Waals surface area contributed by atoms with Gasteiger partial charge in [-0.15, -0.1) is 6.58 Å². The molecule has 0 atom stereocenters. The normalized spacial score (nSPS) is 10.5. The van der Waals surface area contributed by atoms with Gasteiger partial charge in [-0.2, -0.15) is 0 Å². The Morgan fingerprint density at radius 3 is 2.84 bits per heavy atom. The van der Waals surface area contributed by atoms with Gasteiger partial charge in [0.15, 0.2) is 0 Å². The van der Waals surface area contributed by atoms with Crippen molar-refractivity contribution in [2.24, 2.45) is 0 Å². The first-order valence-electron chi connectivity index (χ1n) is 6.26. The van der Waals surface area contributed by atoms with Crippen LogP contribution in [0.4, 0.5) is 5.95 Å². The number of fused-ring (bicyclic) bond motifs is 1. The van der Waals surface area contributed by atoms with E-state index in [0.717, 1.165) is 11.6 Å². The number of rotatable bonds is 4. The van der Waals surface area contributed by atoms with Crippen LogP contribution < -0.4 is 5.32 Å². The number of nitrogens with one attached hydrogen (secondary N) is 1. The third-order valence-corrected chi connectivity index (χ3v) is 3.06. The fourth-order valence-electron chi connectivity index (χ4n) is 2.13. The SMILES string of the molecule is C=CCNc1nccn1-c1ccc2ccccc2c1. The van der Waals surface area contributed by atoms with Gasteiger partial charge in [-0.25, -0.2) is 4.98 Å². The predicted octanol–water partition coefficient (Wildman–Crippen LogP) is 3.62. The Morgan fingerprint density at radius 1 is 1.16 bits per heavy atom. The van der Waals surface area contributed by atoms with Gasteiger partial charge in [0.25, 0.3) is 0 Å². The van der Waals surface area contributed by atoms with Crippen molar-refractivity contribution < 1.29 is 0 Å². The highest BCUT2D eigenvalue weighted by Crippen LogP contribution is 2.20. The van der Waals surface area contributed by atoms with Crippen LogP contribution >= 0.6 is 0 Å². The molecular weight excluding hydrogens is 234 g/mol. The van der Waals surface area contributed by atoms with Gasteiger partial charge in [-0.05, 0) is 22.9 Å². The second kappa shape index (κ2) is 4.98. The first kappa shape index (κ1) is 11.5. The molecule has 0 unspecified atom stereocenters. The number of hydrogen-bond acceptors (Lipinski definition) is 2. The zero-order chi connectivity index (χ0) is 13.1. The lowest BCUT2D eigenvalue weighted by Crippen LogP contribution is -2.05. The number of anilines is 1. The maximum atomic E-state index is 4.31. The highest BCUT2D eigenvalue weighted by molar-refractivity contribution is 5.84. The van der Waals surface area contributed by atoms with E-state index in [4.69, 9.17) is 0 Å². The lowest BCUT2D eigenvalue weighted by atomic mass is 10.1. The maximum absolute atomic E-state index is 4.31. The Morgan fingerprint density at radius 2 is 2.00 bits per heavy atom. The van der Waals surface area contributed by atoms with Crippen LogP contribution in [0.5, 0.6) is 0 Å². The van der Waals surface area contributed by atoms with E-state index in [0.29, 0.717) is 6.54 Å². The fourth-order valence-corrected chi connectivity index (χ4v) is 2.13. The molecule has 0 fully saturated rings. The van der Waals surface area contributed by atoms with Gasteiger partial charge in [-0.3, -0.25) is 4.57 Å². The molecule has 0 spiro atoms. The number of benzene rings is 2. The molecule has 0 radical (unpaired) electrons. The van der Waals surface area contributed by atoms with Crippen molar-refractivity contribution in [1.29, 1.82) is 0 Å². The van der Waals surface area contributed by atoms with Crippen LogP contribution in [0.25, 0.3) is 16.5 Å². The molecule has 0 saturated heterocycles. The lowest BCUT2D eigenvalue weighted by Gasteiger charge is -2.09. The van der Waals surface area contributed by atoms with E-state index >= 15 is 0 Å². The summed E-state index contributed by atoms with van der Waals surface area (Å²) in [5.74, 6) is 0.829. The molecule has 3 nitrogen and oxygen atoms in total. The van der Waals surface area contributed by atoms with Crippen molar-refractivity contribution in [3.63, 3.8) is 0 Å². The fraction of sp³-hybridized carbons (Fsp3) is 0.0625. The highest BCUT2D eigenvalue weighted by atomic mass is 15.2. The first-order valence-corrected chi connectivity index (χ1v) is 6.26. The van der Waals surface area contributed by atoms with Gasteiger partial charge in [0.1, 0.15) is 0 Å². The summed E-state index contributed by atoms with van der Waals surface area (Å²) in [6.07, 6.45) is 5.57. The minimum atomic E-state index is 0.699. The molecule has 0 aliphatic carbocycles. The second-order valence-electron chi connectivity index (χ2n) is 4.32. The Bertz CT molecular complexity index is 713. The van der Waals surface area contributed by atoms with Gasteiger partial charge in [-0.1, -0.05) is 36.4 Å².